The number of carbonyl (C=O) groups excluding carboxylic acids is 1. The van der Waals surface area contributed by atoms with Crippen molar-refractivity contribution in [2.24, 2.45) is 0 Å². The van der Waals surface area contributed by atoms with Gasteiger partial charge in [0.1, 0.15) is 5.60 Å². The van der Waals surface area contributed by atoms with Crippen molar-refractivity contribution in [2.45, 2.75) is 46.1 Å². The van der Waals surface area contributed by atoms with Gasteiger partial charge in [0.15, 0.2) is 0 Å². The molecule has 0 aliphatic carbocycles. The van der Waals surface area contributed by atoms with Gasteiger partial charge >= 0.3 is 6.09 Å². The fourth-order valence-corrected chi connectivity index (χ4v) is 2.55. The summed E-state index contributed by atoms with van der Waals surface area (Å²) in [6.07, 6.45) is 3.81. The molecule has 0 bridgehead atoms. The molecule has 1 heterocycles. The van der Waals surface area contributed by atoms with E-state index in [2.05, 4.69) is 35.0 Å². The first-order valence-corrected chi connectivity index (χ1v) is 8.04. The van der Waals surface area contributed by atoms with E-state index in [4.69, 9.17) is 4.74 Å². The largest absolute Gasteiger partial charge is 0.443 e. The fraction of sp³-hybridized carbons (Fsp3) is 0.471. The molecule has 4 heteroatoms. The summed E-state index contributed by atoms with van der Waals surface area (Å²) in [4.78, 5) is 14.2. The number of benzene rings is 1. The predicted molar refractivity (Wildman–Crippen MR) is 89.0 cm³/mol. The minimum Gasteiger partial charge on any atom is -0.443 e. The Balaban J connectivity index is 2.29. The SMILES string of the molecule is Cc1cc(C2=CCCCN2C(=O)OC(C)(C)C)ccc1Br. The third-order valence-corrected chi connectivity index (χ3v) is 4.17. The van der Waals surface area contributed by atoms with E-state index in [0.29, 0.717) is 6.54 Å². The molecule has 3 nitrogen and oxygen atoms in total. The zero-order chi connectivity index (χ0) is 15.6. The van der Waals surface area contributed by atoms with E-state index in [1.807, 2.05) is 32.9 Å². The van der Waals surface area contributed by atoms with Crippen molar-refractivity contribution in [2.75, 3.05) is 6.54 Å². The molecule has 0 spiro atoms. The van der Waals surface area contributed by atoms with Crippen LogP contribution in [0.15, 0.2) is 28.7 Å². The molecule has 0 aromatic heterocycles. The molecular formula is C17H22BrNO2. The van der Waals surface area contributed by atoms with Gasteiger partial charge in [-0.15, -0.1) is 0 Å². The van der Waals surface area contributed by atoms with Crippen LogP contribution in [-0.4, -0.2) is 23.1 Å². The summed E-state index contributed by atoms with van der Waals surface area (Å²) in [5, 5.41) is 0. The maximum Gasteiger partial charge on any atom is 0.414 e. The van der Waals surface area contributed by atoms with Crippen molar-refractivity contribution in [3.63, 3.8) is 0 Å². The van der Waals surface area contributed by atoms with Crippen molar-refractivity contribution in [1.82, 2.24) is 4.90 Å². The lowest BCUT2D eigenvalue weighted by Gasteiger charge is -2.31. The Morgan fingerprint density at radius 1 is 1.33 bits per heavy atom. The first kappa shape index (κ1) is 16.1. The molecule has 1 aromatic rings. The number of allylic oxidation sites excluding steroid dienone is 1. The monoisotopic (exact) mass is 351 g/mol. The summed E-state index contributed by atoms with van der Waals surface area (Å²) in [7, 11) is 0. The Labute approximate surface area is 135 Å². The van der Waals surface area contributed by atoms with Crippen molar-refractivity contribution in [3.05, 3.63) is 39.9 Å². The molecule has 21 heavy (non-hydrogen) atoms. The van der Waals surface area contributed by atoms with Crippen LogP contribution in [0.5, 0.6) is 0 Å². The van der Waals surface area contributed by atoms with E-state index in [9.17, 15) is 4.79 Å². The van der Waals surface area contributed by atoms with Gasteiger partial charge in [-0.1, -0.05) is 28.1 Å². The summed E-state index contributed by atoms with van der Waals surface area (Å²) in [5.41, 5.74) is 2.69. The Kier molecular flexibility index (Phi) is 4.77. The van der Waals surface area contributed by atoms with E-state index in [1.54, 1.807) is 4.90 Å². The van der Waals surface area contributed by atoms with Crippen molar-refractivity contribution in [1.29, 1.82) is 0 Å². The van der Waals surface area contributed by atoms with E-state index in [0.717, 1.165) is 34.1 Å². The highest BCUT2D eigenvalue weighted by molar-refractivity contribution is 9.10. The highest BCUT2D eigenvalue weighted by atomic mass is 79.9. The lowest BCUT2D eigenvalue weighted by molar-refractivity contribution is 0.0347. The molecule has 114 valence electrons. The average molecular weight is 352 g/mol. The van der Waals surface area contributed by atoms with Crippen molar-refractivity contribution < 1.29 is 9.53 Å². The number of carbonyl (C=O) groups is 1. The van der Waals surface area contributed by atoms with Gasteiger partial charge in [0.25, 0.3) is 0 Å². The van der Waals surface area contributed by atoms with Gasteiger partial charge in [-0.3, -0.25) is 4.90 Å². The van der Waals surface area contributed by atoms with Crippen LogP contribution in [0.4, 0.5) is 4.79 Å². The number of nitrogens with zero attached hydrogens (tertiary/aromatic N) is 1. The summed E-state index contributed by atoms with van der Waals surface area (Å²) in [6, 6.07) is 6.15. The van der Waals surface area contributed by atoms with Gasteiger partial charge in [0.05, 0.1) is 5.70 Å². The Morgan fingerprint density at radius 3 is 2.67 bits per heavy atom. The van der Waals surface area contributed by atoms with Crippen LogP contribution in [0, 0.1) is 6.92 Å². The van der Waals surface area contributed by atoms with Gasteiger partial charge in [-0.25, -0.2) is 4.79 Å². The van der Waals surface area contributed by atoms with Crippen LogP contribution < -0.4 is 0 Å². The maximum absolute atomic E-state index is 12.4. The van der Waals surface area contributed by atoms with Crippen LogP contribution in [0.25, 0.3) is 5.70 Å². The molecule has 0 atom stereocenters. The molecule has 0 unspecified atom stereocenters. The Hall–Kier alpha value is -1.29. The maximum atomic E-state index is 12.4. The fourth-order valence-electron chi connectivity index (χ4n) is 2.30. The van der Waals surface area contributed by atoms with Gasteiger partial charge in [-0.2, -0.15) is 0 Å². The standard InChI is InChI=1S/C17H22BrNO2/c1-12-11-13(8-9-14(12)18)15-7-5-6-10-19(15)16(20)21-17(2,3)4/h7-9,11H,5-6,10H2,1-4H3. The number of halogens is 1. The van der Waals surface area contributed by atoms with Crippen LogP contribution in [-0.2, 0) is 4.74 Å². The summed E-state index contributed by atoms with van der Waals surface area (Å²) in [6.45, 7) is 8.43. The number of aryl methyl sites for hydroxylation is 1. The van der Waals surface area contributed by atoms with Gasteiger partial charge in [0.2, 0.25) is 0 Å². The van der Waals surface area contributed by atoms with Crippen LogP contribution >= 0.6 is 15.9 Å². The average Bonchev–Trinajstić information content (AvgIpc) is 2.40. The van der Waals surface area contributed by atoms with Gasteiger partial charge < -0.3 is 4.74 Å². The number of ether oxygens (including phenoxy) is 1. The van der Waals surface area contributed by atoms with E-state index >= 15 is 0 Å². The van der Waals surface area contributed by atoms with E-state index < -0.39 is 5.60 Å². The van der Waals surface area contributed by atoms with Crippen LogP contribution in [0.2, 0.25) is 0 Å². The first-order valence-electron chi connectivity index (χ1n) is 7.25. The topological polar surface area (TPSA) is 29.5 Å². The minimum atomic E-state index is -0.477. The molecule has 0 fully saturated rings. The van der Waals surface area contributed by atoms with Crippen LogP contribution in [0.1, 0.15) is 44.7 Å². The molecule has 0 N–H and O–H groups in total. The lowest BCUT2D eigenvalue weighted by atomic mass is 10.0. The molecule has 0 saturated carbocycles. The zero-order valence-corrected chi connectivity index (χ0v) is 14.7. The van der Waals surface area contributed by atoms with E-state index in [-0.39, 0.29) is 6.09 Å². The number of hydrogen-bond acceptors (Lipinski definition) is 2. The van der Waals surface area contributed by atoms with Crippen molar-refractivity contribution >= 4 is 27.7 Å². The molecule has 0 radical (unpaired) electrons. The quantitative estimate of drug-likeness (QED) is 0.701. The predicted octanol–water partition coefficient (Wildman–Crippen LogP) is 5.13. The highest BCUT2D eigenvalue weighted by Crippen LogP contribution is 2.29. The highest BCUT2D eigenvalue weighted by Gasteiger charge is 2.26. The molecule has 2 rings (SSSR count). The molecule has 1 aliphatic heterocycles. The summed E-state index contributed by atoms with van der Waals surface area (Å²) < 4.78 is 6.60. The Morgan fingerprint density at radius 2 is 2.05 bits per heavy atom. The third-order valence-electron chi connectivity index (χ3n) is 3.28. The van der Waals surface area contributed by atoms with E-state index in [1.165, 1.54) is 0 Å². The Bertz CT molecular complexity index is 573. The minimum absolute atomic E-state index is 0.269. The smallest absolute Gasteiger partial charge is 0.414 e. The second kappa shape index (κ2) is 6.22. The number of hydrogen-bond donors (Lipinski definition) is 0. The van der Waals surface area contributed by atoms with Gasteiger partial charge in [0, 0.05) is 11.0 Å². The molecule has 1 amide bonds. The molecular weight excluding hydrogens is 330 g/mol. The first-order chi connectivity index (χ1) is 9.78. The molecule has 0 saturated heterocycles. The summed E-state index contributed by atoms with van der Waals surface area (Å²) >= 11 is 3.51. The van der Waals surface area contributed by atoms with Crippen LogP contribution in [0.3, 0.4) is 0 Å². The second-order valence-electron chi connectivity index (χ2n) is 6.33. The number of amides is 1. The summed E-state index contributed by atoms with van der Waals surface area (Å²) in [5.74, 6) is 0. The zero-order valence-electron chi connectivity index (χ0n) is 13.1. The number of rotatable bonds is 1. The molecule has 1 aliphatic rings. The van der Waals surface area contributed by atoms with Crippen molar-refractivity contribution in [3.8, 4) is 0 Å². The second-order valence-corrected chi connectivity index (χ2v) is 7.18. The van der Waals surface area contributed by atoms with Gasteiger partial charge in [-0.05, 0) is 63.8 Å². The lowest BCUT2D eigenvalue weighted by Crippen LogP contribution is -2.37. The third kappa shape index (κ3) is 4.10. The normalized spacial score (nSPS) is 15.7. The molecule has 1 aromatic carbocycles.